The first-order valence-corrected chi connectivity index (χ1v) is 9.24. The van der Waals surface area contributed by atoms with E-state index in [0.29, 0.717) is 6.42 Å². The van der Waals surface area contributed by atoms with Crippen molar-refractivity contribution in [2.24, 2.45) is 0 Å². The van der Waals surface area contributed by atoms with Crippen LogP contribution in [0, 0.1) is 0 Å². The van der Waals surface area contributed by atoms with Gasteiger partial charge in [0, 0.05) is 4.90 Å². The molecule has 3 nitrogen and oxygen atoms in total. The van der Waals surface area contributed by atoms with Crippen molar-refractivity contribution in [2.45, 2.75) is 30.3 Å². The molecule has 2 rings (SSSR count). The number of allylic oxidation sites excluding steroid dienone is 1. The molecule has 0 aliphatic heterocycles. The van der Waals surface area contributed by atoms with Gasteiger partial charge in [-0.25, -0.2) is 0 Å². The van der Waals surface area contributed by atoms with Gasteiger partial charge in [-0.3, -0.25) is 4.18 Å². The Morgan fingerprint density at radius 2 is 1.95 bits per heavy atom. The highest BCUT2D eigenvalue weighted by molar-refractivity contribution is 7.98. The van der Waals surface area contributed by atoms with E-state index in [0.717, 1.165) is 19.1 Å². The van der Waals surface area contributed by atoms with Crippen LogP contribution >= 0.6 is 11.8 Å². The van der Waals surface area contributed by atoms with Gasteiger partial charge in [0.25, 0.3) is 10.1 Å². The van der Waals surface area contributed by atoms with Gasteiger partial charge in [-0.2, -0.15) is 8.42 Å². The van der Waals surface area contributed by atoms with Crippen LogP contribution < -0.4 is 0 Å². The van der Waals surface area contributed by atoms with Gasteiger partial charge in [0.2, 0.25) is 0 Å². The van der Waals surface area contributed by atoms with E-state index >= 15 is 0 Å². The molecule has 0 fully saturated rings. The normalized spacial score (nSPS) is 20.1. The molecule has 5 heteroatoms. The molecule has 1 atom stereocenters. The lowest BCUT2D eigenvalue weighted by Gasteiger charge is -2.21. The zero-order chi connectivity index (χ0) is 13.9. The van der Waals surface area contributed by atoms with Crippen molar-refractivity contribution in [1.29, 1.82) is 0 Å². The fraction of sp³-hybridized carbons (Fsp3) is 0.429. The molecule has 0 unspecified atom stereocenters. The van der Waals surface area contributed by atoms with Crippen LogP contribution in [0.15, 0.2) is 35.2 Å². The number of hydrogen-bond donors (Lipinski definition) is 0. The quantitative estimate of drug-likeness (QED) is 0.632. The lowest BCUT2D eigenvalue weighted by Crippen LogP contribution is -2.19. The summed E-state index contributed by atoms with van der Waals surface area (Å²) in [4.78, 5) is 1.25. The zero-order valence-corrected chi connectivity index (χ0v) is 12.8. The second-order valence-electron chi connectivity index (χ2n) is 4.65. The highest BCUT2D eigenvalue weighted by Crippen LogP contribution is 2.29. The molecular formula is C14H18O3S2. The predicted molar refractivity (Wildman–Crippen MR) is 79.8 cm³/mol. The van der Waals surface area contributed by atoms with E-state index in [1.54, 1.807) is 11.8 Å². The Bertz CT molecular complexity index is 559. The molecule has 0 bridgehead atoms. The Hall–Kier alpha value is -0.780. The minimum absolute atomic E-state index is 0.204. The average molecular weight is 298 g/mol. The summed E-state index contributed by atoms with van der Waals surface area (Å²) in [7, 11) is -3.35. The molecule has 1 aromatic rings. The maximum absolute atomic E-state index is 11.1. The summed E-state index contributed by atoms with van der Waals surface area (Å²) in [5.74, 6) is 0. The molecule has 0 heterocycles. The van der Waals surface area contributed by atoms with Crippen molar-refractivity contribution in [1.82, 2.24) is 0 Å². The van der Waals surface area contributed by atoms with Crippen molar-refractivity contribution in [2.75, 3.05) is 12.5 Å². The van der Waals surface area contributed by atoms with Crippen molar-refractivity contribution < 1.29 is 12.6 Å². The molecule has 0 spiro atoms. The second-order valence-corrected chi connectivity index (χ2v) is 7.13. The van der Waals surface area contributed by atoms with Gasteiger partial charge in [-0.15, -0.1) is 11.8 Å². The SMILES string of the molecule is CSc1ccc(C2=CC[C@H](OS(C)(=O)=O)CC2)cc1. The van der Waals surface area contributed by atoms with Crippen molar-refractivity contribution >= 4 is 27.5 Å². The average Bonchev–Trinajstić information content (AvgIpc) is 2.38. The molecule has 0 saturated carbocycles. The Morgan fingerprint density at radius 3 is 2.42 bits per heavy atom. The molecule has 104 valence electrons. The predicted octanol–water partition coefficient (Wildman–Crippen LogP) is 3.32. The minimum Gasteiger partial charge on any atom is -0.267 e. The van der Waals surface area contributed by atoms with Crippen molar-refractivity contribution in [3.63, 3.8) is 0 Å². The third-order valence-electron chi connectivity index (χ3n) is 3.13. The van der Waals surface area contributed by atoms with Gasteiger partial charge >= 0.3 is 0 Å². The molecule has 0 amide bonds. The molecule has 0 radical (unpaired) electrons. The van der Waals surface area contributed by atoms with Crippen LogP contribution in [0.1, 0.15) is 24.8 Å². The molecule has 0 aromatic heterocycles. The van der Waals surface area contributed by atoms with Crippen LogP contribution in [0.3, 0.4) is 0 Å². The van der Waals surface area contributed by atoms with Gasteiger partial charge in [-0.05, 0) is 48.8 Å². The van der Waals surface area contributed by atoms with Crippen LogP contribution in [-0.2, 0) is 14.3 Å². The molecular weight excluding hydrogens is 280 g/mol. The molecule has 0 N–H and O–H groups in total. The highest BCUT2D eigenvalue weighted by Gasteiger charge is 2.19. The van der Waals surface area contributed by atoms with Gasteiger partial charge in [0.05, 0.1) is 12.4 Å². The summed E-state index contributed by atoms with van der Waals surface area (Å²) in [5.41, 5.74) is 2.50. The second kappa shape index (κ2) is 6.11. The van der Waals surface area contributed by atoms with Gasteiger partial charge in [0.15, 0.2) is 0 Å². The van der Waals surface area contributed by atoms with Crippen molar-refractivity contribution in [3.8, 4) is 0 Å². The number of hydrogen-bond acceptors (Lipinski definition) is 4. The van der Waals surface area contributed by atoms with Gasteiger partial charge in [0.1, 0.15) is 0 Å². The first-order chi connectivity index (χ1) is 8.98. The number of benzene rings is 1. The third kappa shape index (κ3) is 4.37. The monoisotopic (exact) mass is 298 g/mol. The van der Waals surface area contributed by atoms with E-state index in [2.05, 4.69) is 36.6 Å². The summed E-state index contributed by atoms with van der Waals surface area (Å²) in [5, 5.41) is 0. The first kappa shape index (κ1) is 14.6. The van der Waals surface area contributed by atoms with E-state index in [9.17, 15) is 8.42 Å². The fourth-order valence-electron chi connectivity index (χ4n) is 2.21. The summed E-state index contributed by atoms with van der Waals surface area (Å²) >= 11 is 1.72. The highest BCUT2D eigenvalue weighted by atomic mass is 32.2. The Balaban J connectivity index is 2.03. The van der Waals surface area contributed by atoms with Gasteiger partial charge < -0.3 is 0 Å². The van der Waals surface area contributed by atoms with Crippen molar-refractivity contribution in [3.05, 3.63) is 35.9 Å². The van der Waals surface area contributed by atoms with E-state index in [1.165, 1.54) is 16.0 Å². The molecule has 1 aliphatic rings. The van der Waals surface area contributed by atoms with E-state index in [1.807, 2.05) is 0 Å². The number of thioether (sulfide) groups is 1. The molecule has 1 aliphatic carbocycles. The summed E-state index contributed by atoms with van der Waals surface area (Å²) in [6, 6.07) is 8.46. The first-order valence-electron chi connectivity index (χ1n) is 6.19. The zero-order valence-electron chi connectivity index (χ0n) is 11.1. The molecule has 1 aromatic carbocycles. The Morgan fingerprint density at radius 1 is 1.26 bits per heavy atom. The van der Waals surface area contributed by atoms with E-state index in [-0.39, 0.29) is 6.10 Å². The van der Waals surface area contributed by atoms with Gasteiger partial charge in [-0.1, -0.05) is 18.2 Å². The maximum atomic E-state index is 11.1. The third-order valence-corrected chi connectivity index (χ3v) is 4.50. The summed E-state index contributed by atoms with van der Waals surface area (Å²) in [6.07, 6.45) is 7.32. The Labute approximate surface area is 119 Å². The molecule has 19 heavy (non-hydrogen) atoms. The number of rotatable bonds is 4. The van der Waals surface area contributed by atoms with Crippen LogP contribution in [0.25, 0.3) is 5.57 Å². The maximum Gasteiger partial charge on any atom is 0.264 e. The van der Waals surface area contributed by atoms with E-state index < -0.39 is 10.1 Å². The topological polar surface area (TPSA) is 43.4 Å². The van der Waals surface area contributed by atoms with Crippen LogP contribution in [-0.4, -0.2) is 27.0 Å². The Kier molecular flexibility index (Phi) is 4.71. The molecule has 0 saturated heterocycles. The smallest absolute Gasteiger partial charge is 0.264 e. The van der Waals surface area contributed by atoms with E-state index in [4.69, 9.17) is 4.18 Å². The minimum atomic E-state index is -3.35. The van der Waals surface area contributed by atoms with Crippen LogP contribution in [0.4, 0.5) is 0 Å². The van der Waals surface area contributed by atoms with Crippen LogP contribution in [0.2, 0.25) is 0 Å². The van der Waals surface area contributed by atoms with Crippen LogP contribution in [0.5, 0.6) is 0 Å². The lowest BCUT2D eigenvalue weighted by molar-refractivity contribution is 0.202. The largest absolute Gasteiger partial charge is 0.267 e. The lowest BCUT2D eigenvalue weighted by atomic mass is 9.92. The summed E-state index contributed by atoms with van der Waals surface area (Å²) in [6.45, 7) is 0. The fourth-order valence-corrected chi connectivity index (χ4v) is 3.29. The standard InChI is InChI=1S/C14H18O3S2/c1-18-14-9-5-12(6-10-14)11-3-7-13(8-4-11)17-19(2,15)16/h3,5-6,9-10,13H,4,7-8H2,1-2H3/t13-/m0/s1. The summed E-state index contributed by atoms with van der Waals surface area (Å²) < 4.78 is 27.2.